The predicted octanol–water partition coefficient (Wildman–Crippen LogP) is 1.44. The van der Waals surface area contributed by atoms with Crippen LogP contribution in [0.4, 0.5) is 0 Å². The Hall–Kier alpha value is -0.660. The smallest absolute Gasteiger partial charge is 0.303 e. The van der Waals surface area contributed by atoms with E-state index in [1.54, 1.807) is 13.8 Å². The van der Waals surface area contributed by atoms with Crippen molar-refractivity contribution in [3.63, 3.8) is 0 Å². The molecule has 0 aliphatic carbocycles. The maximum absolute atomic E-state index is 11.8. The number of nitrogens with one attached hydrogen (secondary N) is 1. The zero-order valence-electron chi connectivity index (χ0n) is 12.4. The average Bonchev–Trinajstić information content (AvgIpc) is 2.24. The highest BCUT2D eigenvalue weighted by Crippen LogP contribution is 2.26. The van der Waals surface area contributed by atoms with Crippen molar-refractivity contribution in [3.05, 3.63) is 0 Å². The van der Waals surface area contributed by atoms with Crippen LogP contribution in [0.1, 0.15) is 47.0 Å². The Bertz CT molecular complexity index is 391. The average molecular weight is 294 g/mol. The number of hydrogen-bond acceptors (Lipinski definition) is 3. The number of carboxylic acid groups (broad SMARTS) is 1. The molecule has 0 aromatic carbocycles. The molecule has 0 unspecified atom stereocenters. The summed E-state index contributed by atoms with van der Waals surface area (Å²) in [6.07, 6.45) is 1.24. The number of carboxylic acids is 1. The molecule has 19 heavy (non-hydrogen) atoms. The highest BCUT2D eigenvalue weighted by Gasteiger charge is 2.23. The van der Waals surface area contributed by atoms with E-state index in [-0.39, 0.29) is 17.9 Å². The van der Waals surface area contributed by atoms with Crippen LogP contribution in [-0.4, -0.2) is 43.4 Å². The van der Waals surface area contributed by atoms with Crippen LogP contribution in [0.25, 0.3) is 0 Å². The third-order valence-corrected chi connectivity index (χ3v) is 4.96. The van der Waals surface area contributed by atoms with Gasteiger partial charge in [0.25, 0.3) is 10.2 Å². The second-order valence-electron chi connectivity index (χ2n) is 5.82. The normalized spacial score (nSPS) is 13.2. The number of nitrogens with zero attached hydrogens (tertiary/aromatic N) is 1. The summed E-state index contributed by atoms with van der Waals surface area (Å²) in [5.41, 5.74) is -0.197. The molecule has 0 rings (SSSR count). The Morgan fingerprint density at radius 1 is 1.32 bits per heavy atom. The molecule has 0 aromatic heterocycles. The van der Waals surface area contributed by atoms with Crippen LogP contribution in [0.2, 0.25) is 0 Å². The minimum atomic E-state index is -3.45. The summed E-state index contributed by atoms with van der Waals surface area (Å²) >= 11 is 0. The quantitative estimate of drug-likeness (QED) is 0.673. The van der Waals surface area contributed by atoms with Crippen molar-refractivity contribution in [3.8, 4) is 0 Å². The lowest BCUT2D eigenvalue weighted by Crippen LogP contribution is -2.42. The van der Waals surface area contributed by atoms with Gasteiger partial charge in [-0.2, -0.15) is 12.7 Å². The van der Waals surface area contributed by atoms with Crippen molar-refractivity contribution >= 4 is 16.2 Å². The summed E-state index contributed by atoms with van der Waals surface area (Å²) in [7, 11) is -1.92. The molecule has 6 nitrogen and oxygen atoms in total. The summed E-state index contributed by atoms with van der Waals surface area (Å²) in [6, 6.07) is -0.0995. The van der Waals surface area contributed by atoms with Crippen LogP contribution < -0.4 is 4.72 Å². The Balaban J connectivity index is 4.25. The fourth-order valence-corrected chi connectivity index (χ4v) is 2.59. The van der Waals surface area contributed by atoms with Crippen molar-refractivity contribution in [2.24, 2.45) is 5.41 Å². The first-order chi connectivity index (χ1) is 8.48. The van der Waals surface area contributed by atoms with Gasteiger partial charge >= 0.3 is 5.97 Å². The minimum absolute atomic E-state index is 0.0995. The second kappa shape index (κ2) is 7.21. The number of aliphatic carboxylic acids is 1. The highest BCUT2D eigenvalue weighted by atomic mass is 32.2. The fourth-order valence-electron chi connectivity index (χ4n) is 1.47. The Kier molecular flexibility index (Phi) is 6.96. The molecule has 0 aliphatic heterocycles. The summed E-state index contributed by atoms with van der Waals surface area (Å²) in [6.45, 7) is 7.80. The van der Waals surface area contributed by atoms with Crippen LogP contribution in [0, 0.1) is 5.41 Å². The van der Waals surface area contributed by atoms with Gasteiger partial charge in [-0.25, -0.2) is 4.72 Å². The molecular formula is C12H26N2O4S. The number of rotatable bonds is 9. The molecule has 0 radical (unpaired) electrons. The minimum Gasteiger partial charge on any atom is -0.481 e. The van der Waals surface area contributed by atoms with Crippen molar-refractivity contribution in [1.29, 1.82) is 0 Å². The molecule has 0 bridgehead atoms. The van der Waals surface area contributed by atoms with Crippen LogP contribution >= 0.6 is 0 Å². The Labute approximate surface area is 116 Å². The van der Waals surface area contributed by atoms with E-state index in [1.807, 2.05) is 13.8 Å². The zero-order valence-corrected chi connectivity index (χ0v) is 13.2. The van der Waals surface area contributed by atoms with Gasteiger partial charge in [-0.05, 0) is 32.1 Å². The molecule has 7 heteroatoms. The third kappa shape index (κ3) is 7.49. The van der Waals surface area contributed by atoms with Gasteiger partial charge < -0.3 is 5.11 Å². The van der Waals surface area contributed by atoms with E-state index < -0.39 is 16.2 Å². The van der Waals surface area contributed by atoms with Crippen molar-refractivity contribution in [2.75, 3.05) is 13.6 Å². The Morgan fingerprint density at radius 3 is 2.26 bits per heavy atom. The monoisotopic (exact) mass is 294 g/mol. The lowest BCUT2D eigenvalue weighted by Gasteiger charge is -2.25. The van der Waals surface area contributed by atoms with E-state index in [4.69, 9.17) is 5.11 Å². The third-order valence-electron chi connectivity index (χ3n) is 3.21. The van der Waals surface area contributed by atoms with Gasteiger partial charge in [-0.1, -0.05) is 13.8 Å². The molecule has 0 amide bonds. The standard InChI is InChI=1S/C12H26N2O4S/c1-10(2)14(5)19(17,18)13-9-8-12(3,4)7-6-11(15)16/h10,13H,6-9H2,1-5H3,(H,15,16). The van der Waals surface area contributed by atoms with Crippen molar-refractivity contribution < 1.29 is 18.3 Å². The molecule has 2 N–H and O–H groups in total. The topological polar surface area (TPSA) is 86.7 Å². The maximum Gasteiger partial charge on any atom is 0.303 e. The first-order valence-corrected chi connectivity index (χ1v) is 7.86. The second-order valence-corrected chi connectivity index (χ2v) is 7.63. The van der Waals surface area contributed by atoms with E-state index in [9.17, 15) is 13.2 Å². The molecule has 0 fully saturated rings. The lowest BCUT2D eigenvalue weighted by molar-refractivity contribution is -0.137. The van der Waals surface area contributed by atoms with Gasteiger partial charge in [0.15, 0.2) is 0 Å². The van der Waals surface area contributed by atoms with Crippen LogP contribution in [0.3, 0.4) is 0 Å². The molecule has 0 aromatic rings. The van der Waals surface area contributed by atoms with Gasteiger partial charge in [0.1, 0.15) is 0 Å². The van der Waals surface area contributed by atoms with E-state index in [1.165, 1.54) is 11.4 Å². The van der Waals surface area contributed by atoms with E-state index in [0.717, 1.165) is 0 Å². The Morgan fingerprint density at radius 2 is 1.84 bits per heavy atom. The molecular weight excluding hydrogens is 268 g/mol. The lowest BCUT2D eigenvalue weighted by atomic mass is 9.84. The molecule has 0 heterocycles. The number of carbonyl (C=O) groups is 1. The highest BCUT2D eigenvalue weighted by molar-refractivity contribution is 7.87. The van der Waals surface area contributed by atoms with Crippen LogP contribution in [0.5, 0.6) is 0 Å². The van der Waals surface area contributed by atoms with Gasteiger partial charge in [0.2, 0.25) is 0 Å². The van der Waals surface area contributed by atoms with E-state index in [0.29, 0.717) is 19.4 Å². The van der Waals surface area contributed by atoms with Gasteiger partial charge in [0, 0.05) is 26.1 Å². The van der Waals surface area contributed by atoms with Gasteiger partial charge in [-0.15, -0.1) is 0 Å². The van der Waals surface area contributed by atoms with Gasteiger partial charge in [0.05, 0.1) is 0 Å². The fraction of sp³-hybridized carbons (Fsp3) is 0.917. The summed E-state index contributed by atoms with van der Waals surface area (Å²) in [5.74, 6) is -0.826. The molecule has 0 aliphatic rings. The molecule has 0 saturated heterocycles. The molecule has 0 atom stereocenters. The first kappa shape index (κ1) is 18.3. The van der Waals surface area contributed by atoms with E-state index in [2.05, 4.69) is 4.72 Å². The summed E-state index contributed by atoms with van der Waals surface area (Å²) < 4.78 is 27.5. The SMILES string of the molecule is CC(C)N(C)S(=O)(=O)NCCC(C)(C)CCC(=O)O. The molecule has 0 spiro atoms. The zero-order chi connectivity index (χ0) is 15.3. The molecule has 114 valence electrons. The summed E-state index contributed by atoms with van der Waals surface area (Å²) in [5, 5.41) is 8.65. The van der Waals surface area contributed by atoms with E-state index >= 15 is 0 Å². The largest absolute Gasteiger partial charge is 0.481 e. The maximum atomic E-state index is 11.8. The number of hydrogen-bond donors (Lipinski definition) is 2. The van der Waals surface area contributed by atoms with Crippen molar-refractivity contribution in [1.82, 2.24) is 9.03 Å². The van der Waals surface area contributed by atoms with Gasteiger partial charge in [-0.3, -0.25) is 4.79 Å². The predicted molar refractivity (Wildman–Crippen MR) is 75.1 cm³/mol. The van der Waals surface area contributed by atoms with Crippen molar-refractivity contribution in [2.45, 2.75) is 53.0 Å². The van der Waals surface area contributed by atoms with Crippen LogP contribution in [0.15, 0.2) is 0 Å². The summed E-state index contributed by atoms with van der Waals surface area (Å²) in [4.78, 5) is 10.5. The molecule has 0 saturated carbocycles. The van der Waals surface area contributed by atoms with Crippen LogP contribution in [-0.2, 0) is 15.0 Å². The first-order valence-electron chi connectivity index (χ1n) is 6.42.